The monoisotopic (exact) mass is 1010 g/mol. The molecule has 9 N–H and O–H groups in total. The van der Waals surface area contributed by atoms with E-state index in [1.54, 1.807) is 6.08 Å². The summed E-state index contributed by atoms with van der Waals surface area (Å²) in [6.07, 6.45) is 45.4. The van der Waals surface area contributed by atoms with Crippen molar-refractivity contribution in [3.05, 3.63) is 134 Å². The summed E-state index contributed by atoms with van der Waals surface area (Å²) in [6.45, 7) is 2.47. The lowest BCUT2D eigenvalue weighted by molar-refractivity contribution is -0.359. The van der Waals surface area contributed by atoms with Crippen molar-refractivity contribution in [3.8, 4) is 0 Å². The summed E-state index contributed by atoms with van der Waals surface area (Å²) in [4.78, 5) is 13.1. The van der Waals surface area contributed by atoms with Crippen LogP contribution >= 0.6 is 0 Å². The molecular formula is C58H91NO13. The molecule has 0 aromatic carbocycles. The first-order valence-corrected chi connectivity index (χ1v) is 26.4. The van der Waals surface area contributed by atoms with Gasteiger partial charge in [-0.1, -0.05) is 160 Å². The molecule has 2 heterocycles. The van der Waals surface area contributed by atoms with Crippen LogP contribution in [0.1, 0.15) is 129 Å². The number of nitrogens with one attached hydrogen (secondary N) is 1. The summed E-state index contributed by atoms with van der Waals surface area (Å²) < 4.78 is 22.6. The summed E-state index contributed by atoms with van der Waals surface area (Å²) in [5.41, 5.74) is 0. The Labute approximate surface area is 430 Å². The van der Waals surface area contributed by atoms with E-state index in [9.17, 15) is 45.6 Å². The van der Waals surface area contributed by atoms with Crippen LogP contribution in [0.15, 0.2) is 134 Å². The van der Waals surface area contributed by atoms with Gasteiger partial charge in [0.25, 0.3) is 0 Å². The topological polar surface area (TPSA) is 228 Å². The average Bonchev–Trinajstić information content (AvgIpc) is 3.38. The van der Waals surface area contributed by atoms with E-state index in [-0.39, 0.29) is 18.9 Å². The van der Waals surface area contributed by atoms with Crippen LogP contribution in [-0.2, 0) is 23.7 Å². The molecule has 0 spiro atoms. The standard InChI is InChI=1S/C58H91NO13/c1-3-5-7-9-11-12-13-14-15-16-17-18-19-20-21-22-23-24-25-26-27-28-29-30-31-32-33-34-36-38-40-42-50(63)59-46(47(62)41-39-37-35-10-8-6-4-2)45-69-57-55(68)53(66)56(49(44-61)71-57)72-58-54(67)52(65)51(64)48(43-60)70-58/h5,7-8,10-12,14-15,17-18,20-21,23-24,26-27,29-30,32-33,39,41,46-49,51-58,60-62,64-68H,3-4,6,9,13,16,19,22,25,28,31,34-38,40,42-45H2,1-2H3,(H,59,63)/b7-5-,10-8+,12-11-,15-14-,18-17-,21-20-,24-23-,27-26-,30-29-,33-32-,41-39+. The van der Waals surface area contributed by atoms with E-state index in [4.69, 9.17) is 18.9 Å². The fourth-order valence-electron chi connectivity index (χ4n) is 7.54. The first-order chi connectivity index (χ1) is 35.1. The molecule has 0 bridgehead atoms. The SMILES string of the molecule is CC/C=C\C/C=C\C/C=C\C/C=C\C/C=C\C/C=C\C/C=C\C/C=C\C/C=C\CCCCCC(=O)NC(COC1OC(CO)C(OC2OC(CO)C(O)C(O)C2O)C(O)C1O)C(O)/C=C/CC/C=C/CCC. The summed E-state index contributed by atoms with van der Waals surface area (Å²) in [6, 6.07) is -0.956. The van der Waals surface area contributed by atoms with Gasteiger partial charge in [0, 0.05) is 6.42 Å². The Morgan fingerprint density at radius 2 is 0.972 bits per heavy atom. The minimum absolute atomic E-state index is 0.222. The third-order valence-corrected chi connectivity index (χ3v) is 11.8. The number of ether oxygens (including phenoxy) is 4. The molecule has 0 aromatic heterocycles. The van der Waals surface area contributed by atoms with E-state index in [2.05, 4.69) is 141 Å². The first-order valence-electron chi connectivity index (χ1n) is 26.4. The van der Waals surface area contributed by atoms with E-state index >= 15 is 0 Å². The maximum Gasteiger partial charge on any atom is 0.220 e. The lowest BCUT2D eigenvalue weighted by atomic mass is 9.97. The maximum atomic E-state index is 13.1. The molecule has 72 heavy (non-hydrogen) atoms. The lowest BCUT2D eigenvalue weighted by Gasteiger charge is -2.46. The highest BCUT2D eigenvalue weighted by Gasteiger charge is 2.51. The van der Waals surface area contributed by atoms with Crippen LogP contribution in [0.5, 0.6) is 0 Å². The molecule has 2 rings (SSSR count). The van der Waals surface area contributed by atoms with Gasteiger partial charge in [-0.25, -0.2) is 0 Å². The van der Waals surface area contributed by atoms with Gasteiger partial charge < -0.3 is 65.1 Å². The number of hydrogen-bond acceptors (Lipinski definition) is 13. The Hall–Kier alpha value is -3.87. The van der Waals surface area contributed by atoms with Gasteiger partial charge in [0.05, 0.1) is 32.0 Å². The first kappa shape index (κ1) is 64.2. The number of carbonyl (C=O) groups excluding carboxylic acids is 1. The molecular weight excluding hydrogens is 919 g/mol. The van der Waals surface area contributed by atoms with Gasteiger partial charge in [-0.15, -0.1) is 0 Å². The van der Waals surface area contributed by atoms with Crippen LogP contribution in [-0.4, -0.2) is 140 Å². The second-order valence-corrected chi connectivity index (χ2v) is 17.9. The quantitative estimate of drug-likeness (QED) is 0.0214. The Morgan fingerprint density at radius 3 is 1.49 bits per heavy atom. The number of allylic oxidation sites excluding steroid dienone is 21. The fourth-order valence-corrected chi connectivity index (χ4v) is 7.54. The molecule has 1 amide bonds. The van der Waals surface area contributed by atoms with Crippen molar-refractivity contribution in [1.29, 1.82) is 0 Å². The molecule has 0 aromatic rings. The van der Waals surface area contributed by atoms with Gasteiger partial charge in [0.1, 0.15) is 48.8 Å². The van der Waals surface area contributed by atoms with E-state index in [1.165, 1.54) is 0 Å². The average molecular weight is 1010 g/mol. The van der Waals surface area contributed by atoms with Crippen molar-refractivity contribution in [2.45, 2.75) is 203 Å². The third-order valence-electron chi connectivity index (χ3n) is 11.8. The van der Waals surface area contributed by atoms with Crippen LogP contribution < -0.4 is 5.32 Å². The van der Waals surface area contributed by atoms with Crippen molar-refractivity contribution in [2.24, 2.45) is 0 Å². The Balaban J connectivity index is 1.71. The number of hydrogen-bond donors (Lipinski definition) is 9. The lowest BCUT2D eigenvalue weighted by Crippen LogP contribution is -2.65. The minimum Gasteiger partial charge on any atom is -0.394 e. The van der Waals surface area contributed by atoms with Gasteiger partial charge in [0.2, 0.25) is 5.91 Å². The highest BCUT2D eigenvalue weighted by molar-refractivity contribution is 5.76. The van der Waals surface area contributed by atoms with Crippen LogP contribution in [0.3, 0.4) is 0 Å². The molecule has 2 fully saturated rings. The maximum absolute atomic E-state index is 13.1. The second kappa shape index (κ2) is 42.5. The molecule has 2 aliphatic rings. The number of unbranched alkanes of at least 4 members (excludes halogenated alkanes) is 5. The van der Waals surface area contributed by atoms with E-state index in [0.29, 0.717) is 12.8 Å². The van der Waals surface area contributed by atoms with Crippen molar-refractivity contribution >= 4 is 5.91 Å². The Kier molecular flexibility index (Phi) is 37.9. The predicted octanol–water partition coefficient (Wildman–Crippen LogP) is 7.65. The molecule has 0 aliphatic carbocycles. The molecule has 2 saturated heterocycles. The highest BCUT2D eigenvalue weighted by atomic mass is 16.7. The largest absolute Gasteiger partial charge is 0.394 e. The van der Waals surface area contributed by atoms with Crippen LogP contribution in [0, 0.1) is 0 Å². The summed E-state index contributed by atoms with van der Waals surface area (Å²) in [5.74, 6) is -0.294. The molecule has 0 saturated carbocycles. The van der Waals surface area contributed by atoms with Crippen molar-refractivity contribution in [3.63, 3.8) is 0 Å². The molecule has 406 valence electrons. The van der Waals surface area contributed by atoms with E-state index < -0.39 is 86.8 Å². The highest BCUT2D eigenvalue weighted by Crippen LogP contribution is 2.30. The zero-order chi connectivity index (χ0) is 52.4. The number of carbonyl (C=O) groups is 1. The summed E-state index contributed by atoms with van der Waals surface area (Å²) in [7, 11) is 0. The van der Waals surface area contributed by atoms with Crippen LogP contribution in [0.25, 0.3) is 0 Å². The Morgan fingerprint density at radius 1 is 0.514 bits per heavy atom. The number of amides is 1. The molecule has 14 heteroatoms. The summed E-state index contributed by atoms with van der Waals surface area (Å²) >= 11 is 0. The number of aliphatic hydroxyl groups excluding tert-OH is 8. The Bertz CT molecular complexity index is 1710. The van der Waals surface area contributed by atoms with Gasteiger partial charge in [-0.3, -0.25) is 4.79 Å². The predicted molar refractivity (Wildman–Crippen MR) is 285 cm³/mol. The number of aliphatic hydroxyl groups is 8. The number of rotatable bonds is 38. The zero-order valence-electron chi connectivity index (χ0n) is 43.1. The van der Waals surface area contributed by atoms with Gasteiger partial charge >= 0.3 is 0 Å². The van der Waals surface area contributed by atoms with Gasteiger partial charge in [-0.05, 0) is 96.3 Å². The molecule has 2 aliphatic heterocycles. The van der Waals surface area contributed by atoms with Crippen LogP contribution in [0.2, 0.25) is 0 Å². The van der Waals surface area contributed by atoms with Gasteiger partial charge in [-0.2, -0.15) is 0 Å². The normalized spacial score (nSPS) is 26.7. The fraction of sp³-hybridized carbons (Fsp3) is 0.603. The minimum atomic E-state index is -1.80. The molecule has 12 atom stereocenters. The zero-order valence-corrected chi connectivity index (χ0v) is 43.1. The van der Waals surface area contributed by atoms with Crippen LogP contribution in [0.4, 0.5) is 0 Å². The molecule has 12 unspecified atom stereocenters. The van der Waals surface area contributed by atoms with E-state index in [1.807, 2.05) is 6.08 Å². The smallest absolute Gasteiger partial charge is 0.220 e. The summed E-state index contributed by atoms with van der Waals surface area (Å²) in [5, 5.41) is 86.4. The van der Waals surface area contributed by atoms with Crippen molar-refractivity contribution in [2.75, 3.05) is 19.8 Å². The van der Waals surface area contributed by atoms with Crippen molar-refractivity contribution < 1.29 is 64.6 Å². The van der Waals surface area contributed by atoms with Crippen molar-refractivity contribution in [1.82, 2.24) is 5.32 Å². The molecule has 14 nitrogen and oxygen atoms in total. The third kappa shape index (κ3) is 28.5. The van der Waals surface area contributed by atoms with Gasteiger partial charge in [0.15, 0.2) is 12.6 Å². The second-order valence-electron chi connectivity index (χ2n) is 17.9. The molecule has 0 radical (unpaired) electrons. The van der Waals surface area contributed by atoms with E-state index in [0.717, 1.165) is 96.3 Å².